The predicted molar refractivity (Wildman–Crippen MR) is 78.1 cm³/mol. The minimum atomic E-state index is -0.104. The summed E-state index contributed by atoms with van der Waals surface area (Å²) < 4.78 is 5.39. The lowest BCUT2D eigenvalue weighted by Gasteiger charge is -2.14. The van der Waals surface area contributed by atoms with Crippen molar-refractivity contribution >= 4 is 11.6 Å². The molecule has 1 rings (SSSR count). The van der Waals surface area contributed by atoms with E-state index in [1.54, 1.807) is 12.1 Å². The number of hydrogen-bond donors (Lipinski definition) is 2. The number of ether oxygens (including phenoxy) is 1. The summed E-state index contributed by atoms with van der Waals surface area (Å²) in [5.41, 5.74) is 6.28. The van der Waals surface area contributed by atoms with E-state index >= 15 is 0 Å². The number of para-hydroxylation sites is 2. The number of rotatable bonds is 8. The second kappa shape index (κ2) is 8.40. The smallest absolute Gasteiger partial charge is 0.258 e. The Hall–Kier alpha value is -1.71. The van der Waals surface area contributed by atoms with Crippen LogP contribution in [0.15, 0.2) is 24.3 Å². The predicted octanol–water partition coefficient (Wildman–Crippen LogP) is 2.73. The first kappa shape index (κ1) is 15.3. The zero-order valence-corrected chi connectivity index (χ0v) is 11.8. The van der Waals surface area contributed by atoms with Gasteiger partial charge in [0, 0.05) is 6.04 Å². The molecule has 1 atom stereocenters. The first-order valence-corrected chi connectivity index (χ1v) is 6.90. The summed E-state index contributed by atoms with van der Waals surface area (Å²) in [6, 6.07) is 7.36. The lowest BCUT2D eigenvalue weighted by Crippen LogP contribution is -2.36. The third-order valence-corrected chi connectivity index (χ3v) is 2.93. The van der Waals surface area contributed by atoms with Gasteiger partial charge in [-0.2, -0.15) is 0 Å². The molecule has 0 aliphatic heterocycles. The van der Waals surface area contributed by atoms with Gasteiger partial charge in [-0.15, -0.1) is 0 Å². The fourth-order valence-corrected chi connectivity index (χ4v) is 1.84. The Balaban J connectivity index is 2.26. The maximum Gasteiger partial charge on any atom is 0.258 e. The molecule has 0 saturated carbocycles. The Morgan fingerprint density at radius 3 is 2.79 bits per heavy atom. The van der Waals surface area contributed by atoms with Crippen molar-refractivity contribution < 1.29 is 9.53 Å². The Morgan fingerprint density at radius 2 is 2.11 bits per heavy atom. The fraction of sp³-hybridized carbons (Fsp3) is 0.533. The van der Waals surface area contributed by atoms with Crippen molar-refractivity contribution in [3.63, 3.8) is 0 Å². The molecule has 0 spiro atoms. The van der Waals surface area contributed by atoms with Gasteiger partial charge in [-0.25, -0.2) is 0 Å². The third-order valence-electron chi connectivity index (χ3n) is 2.93. The number of anilines is 1. The molecule has 1 amide bonds. The first-order chi connectivity index (χ1) is 9.13. The molecule has 3 N–H and O–H groups in total. The molecule has 0 heterocycles. The zero-order chi connectivity index (χ0) is 14.1. The molecule has 4 nitrogen and oxygen atoms in total. The average Bonchev–Trinajstić information content (AvgIpc) is 2.38. The van der Waals surface area contributed by atoms with E-state index < -0.39 is 0 Å². The van der Waals surface area contributed by atoms with Gasteiger partial charge < -0.3 is 15.8 Å². The molecule has 0 aromatic heterocycles. The summed E-state index contributed by atoms with van der Waals surface area (Å²) in [7, 11) is 0. The van der Waals surface area contributed by atoms with Crippen LogP contribution in [0.4, 0.5) is 5.69 Å². The molecule has 0 fully saturated rings. The molecule has 1 aromatic rings. The van der Waals surface area contributed by atoms with E-state index in [1.165, 1.54) is 12.8 Å². The molecule has 1 aromatic carbocycles. The molecule has 106 valence electrons. The molecule has 0 aliphatic rings. The number of amides is 1. The van der Waals surface area contributed by atoms with Crippen LogP contribution in [0.25, 0.3) is 0 Å². The average molecular weight is 264 g/mol. The highest BCUT2D eigenvalue weighted by atomic mass is 16.5. The number of hydrogen-bond acceptors (Lipinski definition) is 3. The molecule has 1 unspecified atom stereocenters. The van der Waals surface area contributed by atoms with Crippen molar-refractivity contribution in [2.24, 2.45) is 0 Å². The topological polar surface area (TPSA) is 64.3 Å². The van der Waals surface area contributed by atoms with Crippen LogP contribution in [0.5, 0.6) is 5.75 Å². The van der Waals surface area contributed by atoms with E-state index in [0.29, 0.717) is 11.4 Å². The fourth-order valence-electron chi connectivity index (χ4n) is 1.84. The van der Waals surface area contributed by atoms with Crippen LogP contribution < -0.4 is 15.8 Å². The molecule has 4 heteroatoms. The molecule has 19 heavy (non-hydrogen) atoms. The zero-order valence-electron chi connectivity index (χ0n) is 11.8. The van der Waals surface area contributed by atoms with Gasteiger partial charge in [0.15, 0.2) is 6.61 Å². The second-order valence-corrected chi connectivity index (χ2v) is 4.79. The minimum Gasteiger partial charge on any atom is -0.482 e. The minimum absolute atomic E-state index is 0.00628. The number of unbranched alkanes of at least 4 members (excludes halogenated alkanes) is 2. The second-order valence-electron chi connectivity index (χ2n) is 4.79. The van der Waals surface area contributed by atoms with Gasteiger partial charge in [0.1, 0.15) is 5.75 Å². The van der Waals surface area contributed by atoms with Gasteiger partial charge in [-0.1, -0.05) is 38.3 Å². The van der Waals surface area contributed by atoms with E-state index in [9.17, 15) is 4.79 Å². The van der Waals surface area contributed by atoms with E-state index in [4.69, 9.17) is 10.5 Å². The monoisotopic (exact) mass is 264 g/mol. The van der Waals surface area contributed by atoms with Crippen LogP contribution in [-0.2, 0) is 4.79 Å². The molecular formula is C15H24N2O2. The van der Waals surface area contributed by atoms with Crippen molar-refractivity contribution in [2.45, 2.75) is 45.6 Å². The van der Waals surface area contributed by atoms with Crippen LogP contribution in [0.2, 0.25) is 0 Å². The lowest BCUT2D eigenvalue weighted by molar-refractivity contribution is -0.123. The molecule has 0 radical (unpaired) electrons. The number of carbonyl (C=O) groups excluding carboxylic acids is 1. The summed E-state index contributed by atoms with van der Waals surface area (Å²) in [5, 5.41) is 2.92. The normalized spacial score (nSPS) is 11.9. The molecular weight excluding hydrogens is 240 g/mol. The third kappa shape index (κ3) is 6.13. The number of benzene rings is 1. The van der Waals surface area contributed by atoms with Gasteiger partial charge >= 0.3 is 0 Å². The van der Waals surface area contributed by atoms with Gasteiger partial charge in [-0.05, 0) is 25.5 Å². The summed E-state index contributed by atoms with van der Waals surface area (Å²) in [5.74, 6) is 0.448. The van der Waals surface area contributed by atoms with E-state index in [1.807, 2.05) is 19.1 Å². The van der Waals surface area contributed by atoms with Crippen LogP contribution in [0, 0.1) is 0 Å². The Kier molecular flexibility index (Phi) is 6.79. The highest BCUT2D eigenvalue weighted by molar-refractivity contribution is 5.78. The number of nitrogens with two attached hydrogens (primary N) is 1. The molecule has 0 bridgehead atoms. The Labute approximate surface area is 115 Å². The van der Waals surface area contributed by atoms with Crippen molar-refractivity contribution in [2.75, 3.05) is 12.3 Å². The largest absolute Gasteiger partial charge is 0.482 e. The highest BCUT2D eigenvalue weighted by Gasteiger charge is 2.08. The maximum absolute atomic E-state index is 11.7. The number of nitrogen functional groups attached to an aromatic ring is 1. The Morgan fingerprint density at radius 1 is 1.37 bits per heavy atom. The summed E-state index contributed by atoms with van der Waals surface area (Å²) in [6.07, 6.45) is 4.55. The molecule has 0 saturated heterocycles. The Bertz CT molecular complexity index is 393. The number of nitrogens with one attached hydrogen (secondary N) is 1. The van der Waals surface area contributed by atoms with Crippen LogP contribution in [0.1, 0.15) is 39.5 Å². The van der Waals surface area contributed by atoms with E-state index in [-0.39, 0.29) is 18.6 Å². The van der Waals surface area contributed by atoms with E-state index in [2.05, 4.69) is 12.2 Å². The quantitative estimate of drug-likeness (QED) is 0.560. The van der Waals surface area contributed by atoms with Gasteiger partial charge in [-0.3, -0.25) is 4.79 Å². The highest BCUT2D eigenvalue weighted by Crippen LogP contribution is 2.19. The number of carbonyl (C=O) groups is 1. The molecule has 0 aliphatic carbocycles. The van der Waals surface area contributed by atoms with Crippen LogP contribution >= 0.6 is 0 Å². The van der Waals surface area contributed by atoms with E-state index in [0.717, 1.165) is 12.8 Å². The van der Waals surface area contributed by atoms with Crippen molar-refractivity contribution in [3.8, 4) is 5.75 Å². The summed E-state index contributed by atoms with van der Waals surface area (Å²) >= 11 is 0. The van der Waals surface area contributed by atoms with Gasteiger partial charge in [0.25, 0.3) is 5.91 Å². The lowest BCUT2D eigenvalue weighted by atomic mass is 10.1. The summed E-state index contributed by atoms with van der Waals surface area (Å²) in [4.78, 5) is 11.7. The standard InChI is InChI=1S/C15H24N2O2/c1-3-4-5-8-12(2)17-15(18)11-19-14-10-7-6-9-13(14)16/h6-7,9-10,12H,3-5,8,11,16H2,1-2H3,(H,17,18). The van der Waals surface area contributed by atoms with Crippen molar-refractivity contribution in [1.29, 1.82) is 0 Å². The van der Waals surface area contributed by atoms with Gasteiger partial charge in [0.2, 0.25) is 0 Å². The first-order valence-electron chi connectivity index (χ1n) is 6.90. The SMILES string of the molecule is CCCCCC(C)NC(=O)COc1ccccc1N. The van der Waals surface area contributed by atoms with Crippen LogP contribution in [0.3, 0.4) is 0 Å². The maximum atomic E-state index is 11.7. The van der Waals surface area contributed by atoms with Crippen molar-refractivity contribution in [1.82, 2.24) is 5.32 Å². The van der Waals surface area contributed by atoms with Crippen molar-refractivity contribution in [3.05, 3.63) is 24.3 Å². The van der Waals surface area contributed by atoms with Crippen LogP contribution in [-0.4, -0.2) is 18.6 Å². The summed E-state index contributed by atoms with van der Waals surface area (Å²) in [6.45, 7) is 4.19. The van der Waals surface area contributed by atoms with Gasteiger partial charge in [0.05, 0.1) is 5.69 Å².